The first kappa shape index (κ1) is 12.8. The van der Waals surface area contributed by atoms with Crippen LogP contribution < -0.4 is 0 Å². The van der Waals surface area contributed by atoms with Gasteiger partial charge in [-0.15, -0.1) is 0 Å². The van der Waals surface area contributed by atoms with Gasteiger partial charge in [-0.1, -0.05) is 45.2 Å². The summed E-state index contributed by atoms with van der Waals surface area (Å²) in [5.74, 6) is -0.852. The van der Waals surface area contributed by atoms with E-state index in [-0.39, 0.29) is 0 Å². The normalized spacial score (nSPS) is 12.5. The zero-order valence-corrected chi connectivity index (χ0v) is 10.8. The Bertz CT molecular complexity index is 368. The van der Waals surface area contributed by atoms with E-state index in [1.165, 1.54) is 0 Å². The van der Waals surface area contributed by atoms with Crippen LogP contribution in [-0.4, -0.2) is 15.9 Å². The molecule has 0 bridgehead atoms. The van der Waals surface area contributed by atoms with E-state index in [9.17, 15) is 4.79 Å². The molecule has 1 rings (SSSR count). The summed E-state index contributed by atoms with van der Waals surface area (Å²) in [6.45, 7) is 0. The summed E-state index contributed by atoms with van der Waals surface area (Å²) < 4.78 is 0. The number of carboxylic acid groups (broad SMARTS) is 1. The molecule has 0 saturated heterocycles. The number of hydrogen-bond donors (Lipinski definition) is 1. The number of carboxylic acids is 1. The van der Waals surface area contributed by atoms with Gasteiger partial charge < -0.3 is 5.11 Å². The van der Waals surface area contributed by atoms with Crippen LogP contribution in [0.4, 0.5) is 0 Å². The van der Waals surface area contributed by atoms with E-state index in [0.717, 1.165) is 5.56 Å². The fraction of sp³-hybridized carbons (Fsp3) is 0.300. The van der Waals surface area contributed by atoms with Gasteiger partial charge in [0.15, 0.2) is 0 Å². The van der Waals surface area contributed by atoms with E-state index in [1.807, 2.05) is 6.07 Å². The molecule has 0 aliphatic rings. The van der Waals surface area contributed by atoms with Gasteiger partial charge in [0.1, 0.15) is 4.83 Å². The molecule has 0 aliphatic heterocycles. The summed E-state index contributed by atoms with van der Waals surface area (Å²) in [5.41, 5.74) is 0.982. The van der Waals surface area contributed by atoms with Gasteiger partial charge in [0.2, 0.25) is 0 Å². The van der Waals surface area contributed by atoms with Crippen molar-refractivity contribution in [2.45, 2.75) is 17.7 Å². The Morgan fingerprint density at radius 3 is 2.60 bits per heavy atom. The average Bonchev–Trinajstić information content (AvgIpc) is 2.19. The molecule has 0 aliphatic carbocycles. The van der Waals surface area contributed by atoms with Crippen molar-refractivity contribution in [2.75, 3.05) is 0 Å². The van der Waals surface area contributed by atoms with Gasteiger partial charge in [-0.05, 0) is 30.5 Å². The zero-order chi connectivity index (χ0) is 11.4. The second kappa shape index (κ2) is 5.73. The molecule has 0 aromatic heterocycles. The van der Waals surface area contributed by atoms with Crippen LogP contribution in [0.5, 0.6) is 0 Å². The predicted molar refractivity (Wildman–Crippen MR) is 65.1 cm³/mol. The van der Waals surface area contributed by atoms with Gasteiger partial charge in [-0.2, -0.15) is 0 Å². The second-order valence-corrected chi connectivity index (χ2v) is 5.01. The van der Waals surface area contributed by atoms with E-state index in [4.69, 9.17) is 28.3 Å². The molecule has 0 fully saturated rings. The topological polar surface area (TPSA) is 37.3 Å². The number of carbonyl (C=O) groups is 1. The second-order valence-electron chi connectivity index (χ2n) is 3.09. The van der Waals surface area contributed by atoms with Gasteiger partial charge in [-0.3, -0.25) is 4.79 Å². The number of benzene rings is 1. The zero-order valence-electron chi connectivity index (χ0n) is 7.71. The maximum atomic E-state index is 10.5. The number of aliphatic carboxylic acids is 1. The van der Waals surface area contributed by atoms with Crippen molar-refractivity contribution < 1.29 is 9.90 Å². The Morgan fingerprint density at radius 2 is 2.07 bits per heavy atom. The van der Waals surface area contributed by atoms with Crippen LogP contribution in [0.1, 0.15) is 12.0 Å². The maximum absolute atomic E-state index is 10.5. The lowest BCUT2D eigenvalue weighted by atomic mass is 10.1. The van der Waals surface area contributed by atoms with E-state index in [2.05, 4.69) is 15.9 Å². The maximum Gasteiger partial charge on any atom is 0.317 e. The fourth-order valence-electron chi connectivity index (χ4n) is 1.11. The van der Waals surface area contributed by atoms with Crippen LogP contribution in [0.3, 0.4) is 0 Å². The number of aryl methyl sites for hydroxylation is 1. The van der Waals surface area contributed by atoms with E-state index in [0.29, 0.717) is 22.9 Å². The summed E-state index contributed by atoms with van der Waals surface area (Å²) in [6.07, 6.45) is 1.17. The fourth-order valence-corrected chi connectivity index (χ4v) is 1.66. The van der Waals surface area contributed by atoms with E-state index < -0.39 is 10.8 Å². The minimum absolute atomic E-state index is 0.496. The minimum atomic E-state index is -0.852. The highest BCUT2D eigenvalue weighted by Gasteiger charge is 2.12. The molecule has 5 heteroatoms. The molecule has 0 spiro atoms. The SMILES string of the molecule is O=C(O)C(Br)CCc1ccc(Cl)c(Cl)c1. The third-order valence-corrected chi connectivity index (χ3v) is 3.53. The van der Waals surface area contributed by atoms with Gasteiger partial charge in [0, 0.05) is 0 Å². The molecule has 1 unspecified atom stereocenters. The number of rotatable bonds is 4. The van der Waals surface area contributed by atoms with Crippen molar-refractivity contribution in [1.29, 1.82) is 0 Å². The van der Waals surface area contributed by atoms with Crippen LogP contribution in [-0.2, 0) is 11.2 Å². The molecular weight excluding hydrogens is 303 g/mol. The largest absolute Gasteiger partial charge is 0.480 e. The highest BCUT2D eigenvalue weighted by molar-refractivity contribution is 9.10. The van der Waals surface area contributed by atoms with E-state index in [1.54, 1.807) is 12.1 Å². The lowest BCUT2D eigenvalue weighted by molar-refractivity contribution is -0.136. The van der Waals surface area contributed by atoms with Crippen LogP contribution in [0.15, 0.2) is 18.2 Å². The summed E-state index contributed by atoms with van der Waals surface area (Å²) in [6, 6.07) is 5.31. The highest BCUT2D eigenvalue weighted by Crippen LogP contribution is 2.23. The van der Waals surface area contributed by atoms with Crippen molar-refractivity contribution in [3.63, 3.8) is 0 Å². The molecule has 82 valence electrons. The van der Waals surface area contributed by atoms with E-state index >= 15 is 0 Å². The van der Waals surface area contributed by atoms with Crippen molar-refractivity contribution in [3.8, 4) is 0 Å². The molecular formula is C10H9BrCl2O2. The molecule has 2 nitrogen and oxygen atoms in total. The van der Waals surface area contributed by atoms with Crippen molar-refractivity contribution >= 4 is 45.1 Å². The molecule has 0 saturated carbocycles. The molecule has 1 aromatic carbocycles. The van der Waals surface area contributed by atoms with Crippen LogP contribution >= 0.6 is 39.1 Å². The standard InChI is InChI=1S/C10H9BrCl2O2/c11-7(10(14)15)3-1-6-2-4-8(12)9(13)5-6/h2,4-5,7H,1,3H2,(H,14,15). The number of hydrogen-bond acceptors (Lipinski definition) is 1. The lowest BCUT2D eigenvalue weighted by Crippen LogP contribution is -2.13. The average molecular weight is 312 g/mol. The van der Waals surface area contributed by atoms with Crippen LogP contribution in [0, 0.1) is 0 Å². The summed E-state index contributed by atoms with van der Waals surface area (Å²) in [4.78, 5) is 10.0. The van der Waals surface area contributed by atoms with Crippen LogP contribution in [0.2, 0.25) is 10.0 Å². The minimum Gasteiger partial charge on any atom is -0.480 e. The summed E-state index contributed by atoms with van der Waals surface area (Å²) >= 11 is 14.7. The first-order valence-electron chi connectivity index (χ1n) is 4.31. The van der Waals surface area contributed by atoms with Crippen molar-refractivity contribution in [2.24, 2.45) is 0 Å². The first-order chi connectivity index (χ1) is 7.00. The summed E-state index contributed by atoms with van der Waals surface area (Å²) in [7, 11) is 0. The Balaban J connectivity index is 2.58. The van der Waals surface area contributed by atoms with Crippen molar-refractivity contribution in [3.05, 3.63) is 33.8 Å². The quantitative estimate of drug-likeness (QED) is 0.859. The Hall–Kier alpha value is -0.250. The molecule has 0 heterocycles. The lowest BCUT2D eigenvalue weighted by Gasteiger charge is -2.05. The highest BCUT2D eigenvalue weighted by atomic mass is 79.9. The van der Waals surface area contributed by atoms with Gasteiger partial charge in [-0.25, -0.2) is 0 Å². The molecule has 1 aromatic rings. The Kier molecular flexibility index (Phi) is 4.90. The molecule has 1 N–H and O–H groups in total. The predicted octanol–water partition coefficient (Wildman–Crippen LogP) is 3.77. The molecule has 1 atom stereocenters. The van der Waals surface area contributed by atoms with Crippen LogP contribution in [0.25, 0.3) is 0 Å². The number of alkyl halides is 1. The monoisotopic (exact) mass is 310 g/mol. The van der Waals surface area contributed by atoms with Gasteiger partial charge in [0.25, 0.3) is 0 Å². The third-order valence-electron chi connectivity index (χ3n) is 1.94. The number of halogens is 3. The van der Waals surface area contributed by atoms with Gasteiger partial charge in [0.05, 0.1) is 10.0 Å². The van der Waals surface area contributed by atoms with Gasteiger partial charge >= 0.3 is 5.97 Å². The Labute approximate surface area is 106 Å². The molecule has 15 heavy (non-hydrogen) atoms. The Morgan fingerprint density at radius 1 is 1.40 bits per heavy atom. The molecule has 0 radical (unpaired) electrons. The first-order valence-corrected chi connectivity index (χ1v) is 5.98. The molecule has 0 amide bonds. The summed E-state index contributed by atoms with van der Waals surface area (Å²) in [5, 5.41) is 9.67. The smallest absolute Gasteiger partial charge is 0.317 e. The third kappa shape index (κ3) is 4.01. The van der Waals surface area contributed by atoms with Crippen molar-refractivity contribution in [1.82, 2.24) is 0 Å².